The van der Waals surface area contributed by atoms with Crippen LogP contribution in [0.5, 0.6) is 0 Å². The lowest BCUT2D eigenvalue weighted by Gasteiger charge is -2.36. The first-order chi connectivity index (χ1) is 32.6. The van der Waals surface area contributed by atoms with Gasteiger partial charge in [-0.1, -0.05) is 177 Å². The van der Waals surface area contributed by atoms with Crippen LogP contribution >= 0.6 is 11.3 Å². The molecule has 3 heteroatoms. The number of rotatable bonds is 7. The maximum Gasteiger partial charge on any atom is 0.0707 e. The van der Waals surface area contributed by atoms with Crippen LogP contribution in [0.1, 0.15) is 47.6 Å². The molecule has 4 aliphatic rings. The highest BCUT2D eigenvalue weighted by Gasteiger charge is 2.55. The van der Waals surface area contributed by atoms with Gasteiger partial charge in [0.25, 0.3) is 0 Å². The van der Waals surface area contributed by atoms with Crippen molar-refractivity contribution in [1.82, 2.24) is 0 Å². The fraction of sp³-hybridized carbons (Fsp3) is 0.0794. The van der Waals surface area contributed by atoms with Gasteiger partial charge in [-0.05, 0) is 134 Å². The highest BCUT2D eigenvalue weighted by molar-refractivity contribution is 7.22. The van der Waals surface area contributed by atoms with E-state index < -0.39 is 5.41 Å². The number of para-hydroxylation sites is 2. The highest BCUT2D eigenvalue weighted by Crippen LogP contribution is 2.67. The Morgan fingerprint density at radius 1 is 0.576 bits per heavy atom. The summed E-state index contributed by atoms with van der Waals surface area (Å²) in [5, 5.41) is 3.81. The first-order valence-electron chi connectivity index (χ1n) is 23.2. The Labute approximate surface area is 390 Å². The lowest BCUT2D eigenvalue weighted by Crippen LogP contribution is -2.29. The Kier molecular flexibility index (Phi) is 9.08. The van der Waals surface area contributed by atoms with Crippen LogP contribution in [0.4, 0.5) is 22.7 Å². The van der Waals surface area contributed by atoms with Gasteiger partial charge in [0.05, 0.1) is 11.1 Å². The first-order valence-corrected chi connectivity index (χ1v) is 24.0. The number of fused-ring (bicyclic) bond motifs is 12. The van der Waals surface area contributed by atoms with Crippen molar-refractivity contribution in [3.8, 4) is 10.4 Å². The fourth-order valence-corrected chi connectivity index (χ4v) is 12.8. The van der Waals surface area contributed by atoms with Crippen molar-refractivity contribution < 1.29 is 0 Å². The van der Waals surface area contributed by atoms with Crippen LogP contribution in [0.15, 0.2) is 248 Å². The quantitative estimate of drug-likeness (QED) is 0.157. The minimum atomic E-state index is -0.498. The van der Waals surface area contributed by atoms with E-state index in [0.29, 0.717) is 5.92 Å². The highest BCUT2D eigenvalue weighted by atomic mass is 32.1. The number of thiophene rings is 1. The van der Waals surface area contributed by atoms with E-state index in [4.69, 9.17) is 0 Å². The molecule has 1 heterocycles. The van der Waals surface area contributed by atoms with Crippen molar-refractivity contribution in [3.05, 3.63) is 275 Å². The molecule has 0 bridgehead atoms. The second-order valence-electron chi connectivity index (χ2n) is 18.1. The lowest BCUT2D eigenvalue weighted by molar-refractivity contribution is 0.679. The second kappa shape index (κ2) is 15.5. The van der Waals surface area contributed by atoms with E-state index in [1.165, 1.54) is 104 Å². The van der Waals surface area contributed by atoms with Crippen LogP contribution in [-0.2, 0) is 5.41 Å². The fourth-order valence-electron chi connectivity index (χ4n) is 11.5. The molecule has 9 aromatic rings. The summed E-state index contributed by atoms with van der Waals surface area (Å²) in [4.78, 5) is 6.32. The number of allylic oxidation sites excluding steroid dienone is 9. The maximum atomic E-state index is 2.56. The van der Waals surface area contributed by atoms with Crippen LogP contribution < -0.4 is 9.80 Å². The minimum absolute atomic E-state index is 0.296. The van der Waals surface area contributed by atoms with Gasteiger partial charge < -0.3 is 9.80 Å². The van der Waals surface area contributed by atoms with Crippen molar-refractivity contribution in [1.29, 1.82) is 0 Å². The van der Waals surface area contributed by atoms with Gasteiger partial charge in [-0.25, -0.2) is 0 Å². The molecule has 0 saturated heterocycles. The molecular weight excluding hydrogens is 817 g/mol. The van der Waals surface area contributed by atoms with E-state index in [1.54, 1.807) is 0 Å². The molecular formula is C63H46N2S. The molecule has 1 aromatic heterocycles. The SMILES string of the molecule is CC1CC(c2ccccc2)=CC=C1N(c1ccccc1)c1ccc2c(c1)C1(C3=C(C=C/C(=C/N(c4ccccc4)c4cccc5ccccc45)C3)c3ccccc31)c1c-2sc2ccccc12. The zero-order valence-corrected chi connectivity index (χ0v) is 37.6. The monoisotopic (exact) mass is 862 g/mol. The normalized spacial score (nSPS) is 18.6. The molecule has 2 nitrogen and oxygen atoms in total. The predicted molar refractivity (Wildman–Crippen MR) is 280 cm³/mol. The van der Waals surface area contributed by atoms with E-state index in [2.05, 4.69) is 247 Å². The molecule has 0 radical (unpaired) electrons. The Hall–Kier alpha value is -7.72. The van der Waals surface area contributed by atoms with Crippen molar-refractivity contribution in [2.24, 2.45) is 5.92 Å². The maximum absolute atomic E-state index is 2.56. The molecule has 2 unspecified atom stereocenters. The summed E-state index contributed by atoms with van der Waals surface area (Å²) >= 11 is 1.95. The Morgan fingerprint density at radius 2 is 1.27 bits per heavy atom. The standard InChI is InChI=1S/C63H46N2S/c1-42-38-46(44-18-5-2-6-19-44)33-37-58(42)65(48-24-9-4-10-25-48)49-34-36-53-57(40-49)63(61-54-28-14-16-31-60(54)66-62(53)61)55-29-15-13-27-51(55)52-35-32-43(39-56(52)63)41-64(47-22-7-3-8-23-47)59-30-17-21-45-20-11-12-26-50(45)59/h2-37,40-42H,38-39H2,1H3/b43-41-. The number of anilines is 4. The largest absolute Gasteiger partial charge is 0.316 e. The van der Waals surface area contributed by atoms with Gasteiger partial charge in [0.15, 0.2) is 0 Å². The summed E-state index contributed by atoms with van der Waals surface area (Å²) in [5.41, 5.74) is 19.1. The topological polar surface area (TPSA) is 6.48 Å². The number of hydrogen-bond donors (Lipinski definition) is 0. The van der Waals surface area contributed by atoms with Crippen LogP contribution in [0.25, 0.3) is 42.4 Å². The molecule has 314 valence electrons. The molecule has 0 N–H and O–H groups in total. The van der Waals surface area contributed by atoms with Crippen LogP contribution in [0.2, 0.25) is 0 Å². The zero-order valence-electron chi connectivity index (χ0n) is 36.7. The summed E-state index contributed by atoms with van der Waals surface area (Å²) in [5.74, 6) is 0.296. The van der Waals surface area contributed by atoms with Gasteiger partial charge in [-0.2, -0.15) is 0 Å². The first kappa shape index (κ1) is 38.7. The molecule has 8 aromatic carbocycles. The number of benzene rings is 8. The van der Waals surface area contributed by atoms with Gasteiger partial charge in [0, 0.05) is 49.8 Å². The number of nitrogens with zero attached hydrogens (tertiary/aromatic N) is 2. The third-order valence-corrected chi connectivity index (χ3v) is 15.6. The predicted octanol–water partition coefficient (Wildman–Crippen LogP) is 17.0. The summed E-state index contributed by atoms with van der Waals surface area (Å²) < 4.78 is 1.34. The molecule has 13 rings (SSSR count). The smallest absolute Gasteiger partial charge is 0.0707 e. The van der Waals surface area contributed by atoms with E-state index >= 15 is 0 Å². The number of hydrogen-bond acceptors (Lipinski definition) is 3. The Balaban J connectivity index is 1.02. The van der Waals surface area contributed by atoms with Gasteiger partial charge in [0.2, 0.25) is 0 Å². The third kappa shape index (κ3) is 5.93. The van der Waals surface area contributed by atoms with Crippen molar-refractivity contribution in [3.63, 3.8) is 0 Å². The summed E-state index contributed by atoms with van der Waals surface area (Å²) in [6, 6.07) is 73.9. The van der Waals surface area contributed by atoms with E-state index in [0.717, 1.165) is 18.5 Å². The molecule has 0 saturated carbocycles. The van der Waals surface area contributed by atoms with E-state index in [1.807, 2.05) is 11.3 Å². The van der Waals surface area contributed by atoms with Crippen molar-refractivity contribution in [2.45, 2.75) is 25.2 Å². The molecule has 1 spiro atoms. The van der Waals surface area contributed by atoms with Crippen molar-refractivity contribution >= 4 is 66.1 Å². The molecule has 66 heavy (non-hydrogen) atoms. The van der Waals surface area contributed by atoms with Gasteiger partial charge in [-0.3, -0.25) is 0 Å². The minimum Gasteiger partial charge on any atom is -0.316 e. The third-order valence-electron chi connectivity index (χ3n) is 14.4. The molecule has 0 amide bonds. The van der Waals surface area contributed by atoms with Gasteiger partial charge >= 0.3 is 0 Å². The molecule has 0 fully saturated rings. The molecule has 4 aliphatic carbocycles. The van der Waals surface area contributed by atoms with Crippen LogP contribution in [0.3, 0.4) is 0 Å². The summed E-state index contributed by atoms with van der Waals surface area (Å²) in [6.45, 7) is 2.39. The lowest BCUT2D eigenvalue weighted by atomic mass is 9.67. The second-order valence-corrected chi connectivity index (χ2v) is 19.1. The average Bonchev–Trinajstić information content (AvgIpc) is 4.00. The van der Waals surface area contributed by atoms with Gasteiger partial charge in [0.1, 0.15) is 0 Å². The van der Waals surface area contributed by atoms with E-state index in [9.17, 15) is 0 Å². The molecule has 0 aliphatic heterocycles. The van der Waals surface area contributed by atoms with Crippen LogP contribution in [0, 0.1) is 5.92 Å². The summed E-state index contributed by atoms with van der Waals surface area (Å²) in [6.07, 6.45) is 13.7. The Morgan fingerprint density at radius 3 is 2.09 bits per heavy atom. The zero-order chi connectivity index (χ0) is 43.8. The van der Waals surface area contributed by atoms with Gasteiger partial charge in [-0.15, -0.1) is 11.3 Å². The Bertz CT molecular complexity index is 3550. The van der Waals surface area contributed by atoms with E-state index in [-0.39, 0.29) is 0 Å². The summed E-state index contributed by atoms with van der Waals surface area (Å²) in [7, 11) is 0. The van der Waals surface area contributed by atoms with Crippen molar-refractivity contribution in [2.75, 3.05) is 9.80 Å². The molecule has 2 atom stereocenters. The average molecular weight is 863 g/mol. The van der Waals surface area contributed by atoms with Crippen LogP contribution in [-0.4, -0.2) is 0 Å².